The molecule has 0 saturated carbocycles. The molecule has 428 valence electrons. The molecule has 0 unspecified atom stereocenters. The molecule has 80 heavy (non-hydrogen) atoms. The van der Waals surface area contributed by atoms with Crippen LogP contribution in [0.4, 0.5) is 0 Å². The SMILES string of the molecule is CCCCCCOc1cc(/C=C(\C#N)c2ccc(OCCCCCC)c3c(/C(C#N)=C\c4cc(OCCCCCC)c5ccccc5c4OCCCCCC)ccc(OCCCCCC)c23)c(OCCCCCC)c2ccccc12. The average molecular weight is 1080 g/mol. The Hall–Kier alpha value is -6.64. The maximum Gasteiger partial charge on any atom is 0.134 e. The second kappa shape index (κ2) is 35.9. The normalized spacial score (nSPS) is 11.8. The molecule has 6 aromatic carbocycles. The van der Waals surface area contributed by atoms with Gasteiger partial charge in [-0.05, 0) is 87.1 Å². The molecular formula is C72H94N2O6. The number of nitriles is 2. The minimum Gasteiger partial charge on any atom is -0.493 e. The maximum atomic E-state index is 11.6. The Morgan fingerprint density at radius 3 is 0.925 bits per heavy atom. The third kappa shape index (κ3) is 18.2. The first-order valence-electron chi connectivity index (χ1n) is 31.2. The van der Waals surface area contributed by atoms with Gasteiger partial charge in [-0.1, -0.05) is 206 Å². The number of unbranched alkanes of at least 4 members (excludes halogenated alkanes) is 18. The van der Waals surface area contributed by atoms with E-state index < -0.39 is 0 Å². The molecule has 0 atom stereocenters. The van der Waals surface area contributed by atoms with E-state index in [0.29, 0.717) is 73.4 Å². The van der Waals surface area contributed by atoms with Crippen molar-refractivity contribution in [3.63, 3.8) is 0 Å². The fourth-order valence-electron chi connectivity index (χ4n) is 10.5. The molecule has 0 aliphatic heterocycles. The van der Waals surface area contributed by atoms with E-state index in [1.165, 1.54) is 0 Å². The Bertz CT molecular complexity index is 2780. The van der Waals surface area contributed by atoms with Crippen LogP contribution in [-0.4, -0.2) is 39.6 Å². The minimum absolute atomic E-state index is 0.425. The molecule has 8 nitrogen and oxygen atoms in total. The van der Waals surface area contributed by atoms with Gasteiger partial charge in [-0.15, -0.1) is 0 Å². The van der Waals surface area contributed by atoms with E-state index in [1.54, 1.807) is 0 Å². The Labute approximate surface area is 481 Å². The van der Waals surface area contributed by atoms with Crippen LogP contribution in [0.5, 0.6) is 34.5 Å². The highest BCUT2D eigenvalue weighted by atomic mass is 16.5. The van der Waals surface area contributed by atoms with E-state index in [4.69, 9.17) is 28.4 Å². The van der Waals surface area contributed by atoms with Crippen molar-refractivity contribution < 1.29 is 28.4 Å². The monoisotopic (exact) mass is 1080 g/mol. The second-order valence-electron chi connectivity index (χ2n) is 21.4. The fourth-order valence-corrected chi connectivity index (χ4v) is 10.5. The van der Waals surface area contributed by atoms with Crippen molar-refractivity contribution in [1.82, 2.24) is 0 Å². The van der Waals surface area contributed by atoms with Crippen LogP contribution in [0.3, 0.4) is 0 Å². The van der Waals surface area contributed by atoms with Crippen LogP contribution in [0, 0.1) is 22.7 Å². The van der Waals surface area contributed by atoms with E-state index in [9.17, 15) is 10.5 Å². The van der Waals surface area contributed by atoms with Crippen LogP contribution in [0.15, 0.2) is 84.9 Å². The van der Waals surface area contributed by atoms with Gasteiger partial charge in [0, 0.05) is 54.6 Å². The highest BCUT2D eigenvalue weighted by Crippen LogP contribution is 2.46. The third-order valence-corrected chi connectivity index (χ3v) is 15.0. The van der Waals surface area contributed by atoms with E-state index in [1.807, 2.05) is 60.7 Å². The molecule has 0 fully saturated rings. The Kier molecular flexibility index (Phi) is 28.0. The number of benzene rings is 6. The molecule has 0 aliphatic rings. The van der Waals surface area contributed by atoms with E-state index in [2.05, 4.69) is 90.1 Å². The molecule has 0 bridgehead atoms. The number of rotatable bonds is 40. The smallest absolute Gasteiger partial charge is 0.134 e. The lowest BCUT2D eigenvalue weighted by Crippen LogP contribution is -2.04. The van der Waals surface area contributed by atoms with Gasteiger partial charge >= 0.3 is 0 Å². The number of ether oxygens (including phenoxy) is 6. The summed E-state index contributed by atoms with van der Waals surface area (Å²) in [6.45, 7) is 16.6. The summed E-state index contributed by atoms with van der Waals surface area (Å²) in [5.41, 5.74) is 3.73. The van der Waals surface area contributed by atoms with Crippen LogP contribution >= 0.6 is 0 Å². The van der Waals surface area contributed by atoms with Crippen LogP contribution in [0.1, 0.15) is 218 Å². The first kappa shape index (κ1) is 62.6. The highest BCUT2D eigenvalue weighted by molar-refractivity contribution is 6.13. The summed E-state index contributed by atoms with van der Waals surface area (Å²) in [6.07, 6.45) is 29.5. The molecule has 0 aromatic heterocycles. The average Bonchev–Trinajstić information content (AvgIpc) is 3.55. The van der Waals surface area contributed by atoms with Crippen molar-refractivity contribution in [2.75, 3.05) is 39.6 Å². The van der Waals surface area contributed by atoms with Gasteiger partial charge in [0.15, 0.2) is 0 Å². The van der Waals surface area contributed by atoms with Crippen molar-refractivity contribution in [2.45, 2.75) is 196 Å². The molecule has 0 radical (unpaired) electrons. The van der Waals surface area contributed by atoms with Crippen molar-refractivity contribution in [3.05, 3.63) is 107 Å². The van der Waals surface area contributed by atoms with Gasteiger partial charge in [-0.3, -0.25) is 0 Å². The molecule has 0 heterocycles. The number of fused-ring (bicyclic) bond motifs is 3. The summed E-state index contributed by atoms with van der Waals surface area (Å²) >= 11 is 0. The first-order valence-corrected chi connectivity index (χ1v) is 31.2. The molecule has 0 N–H and O–H groups in total. The molecule has 0 aliphatic carbocycles. The van der Waals surface area contributed by atoms with Crippen LogP contribution in [0.2, 0.25) is 0 Å². The maximum absolute atomic E-state index is 11.6. The van der Waals surface area contributed by atoms with Crippen LogP contribution < -0.4 is 28.4 Å². The fraction of sp³-hybridized carbons (Fsp3) is 0.500. The molecule has 8 heteroatoms. The molecule has 0 amide bonds. The summed E-state index contributed by atoms with van der Waals surface area (Å²) in [5.74, 6) is 4.25. The summed E-state index contributed by atoms with van der Waals surface area (Å²) in [4.78, 5) is 0. The van der Waals surface area contributed by atoms with Crippen LogP contribution in [0.25, 0.3) is 55.6 Å². The van der Waals surface area contributed by atoms with Crippen LogP contribution in [-0.2, 0) is 0 Å². The standard InChI is InChI=1S/C72H94N2O6/c1-7-13-19-29-43-75-65-41-39-60(58(54-74)50-56-52-68(78-46-32-22-16-10-4)62-36-26-28-38-64(62)72(56)80-48-34-24-18-12-6)70-66(76-44-30-20-14-8-2)42-40-59(69(65)70)57(53-73)49-55-51-67(77-45-31-21-15-9-3)61-35-25-27-37-63(61)71(55)79-47-33-23-17-11-5/h25-28,35-42,49-52H,7-24,29-34,43-48H2,1-6H3/b57-49-,58-50+. The number of nitrogens with zero attached hydrogens (tertiary/aromatic N) is 2. The van der Waals surface area contributed by atoms with Crippen molar-refractivity contribution in [2.24, 2.45) is 0 Å². The quantitative estimate of drug-likeness (QED) is 0.0213. The first-order chi connectivity index (χ1) is 39.5. The van der Waals surface area contributed by atoms with Gasteiger partial charge in [-0.2, -0.15) is 10.5 Å². The molecule has 6 aromatic rings. The van der Waals surface area contributed by atoms with Gasteiger partial charge in [-0.25, -0.2) is 0 Å². The van der Waals surface area contributed by atoms with Crippen molar-refractivity contribution >= 4 is 55.6 Å². The molecule has 6 rings (SSSR count). The number of allylic oxidation sites excluding steroid dienone is 2. The summed E-state index contributed by atoms with van der Waals surface area (Å²) in [5, 5.41) is 28.4. The zero-order chi connectivity index (χ0) is 56.6. The summed E-state index contributed by atoms with van der Waals surface area (Å²) < 4.78 is 40.6. The van der Waals surface area contributed by atoms with Gasteiger partial charge in [0.2, 0.25) is 0 Å². The predicted octanol–water partition coefficient (Wildman–Crippen LogP) is 21.0. The predicted molar refractivity (Wildman–Crippen MR) is 337 cm³/mol. The van der Waals surface area contributed by atoms with Gasteiger partial charge in [0.25, 0.3) is 0 Å². The van der Waals surface area contributed by atoms with Gasteiger partial charge in [0.05, 0.1) is 62.9 Å². The Morgan fingerprint density at radius 2 is 0.625 bits per heavy atom. The summed E-state index contributed by atoms with van der Waals surface area (Å²) in [6, 6.07) is 33.9. The van der Waals surface area contributed by atoms with Gasteiger partial charge < -0.3 is 28.4 Å². The van der Waals surface area contributed by atoms with E-state index >= 15 is 0 Å². The summed E-state index contributed by atoms with van der Waals surface area (Å²) in [7, 11) is 0. The largest absolute Gasteiger partial charge is 0.493 e. The topological polar surface area (TPSA) is 103 Å². The zero-order valence-corrected chi connectivity index (χ0v) is 49.8. The molecule has 0 spiro atoms. The van der Waals surface area contributed by atoms with E-state index in [0.717, 1.165) is 221 Å². The second-order valence-corrected chi connectivity index (χ2v) is 21.4. The minimum atomic E-state index is 0.425. The lowest BCUT2D eigenvalue weighted by molar-refractivity contribution is 0.301. The van der Waals surface area contributed by atoms with Gasteiger partial charge in [0.1, 0.15) is 34.5 Å². The molecular weight excluding hydrogens is 989 g/mol. The lowest BCUT2D eigenvalue weighted by atomic mass is 9.90. The molecule has 0 saturated heterocycles. The third-order valence-electron chi connectivity index (χ3n) is 15.0. The van der Waals surface area contributed by atoms with Crippen molar-refractivity contribution in [1.29, 1.82) is 10.5 Å². The van der Waals surface area contributed by atoms with Crippen molar-refractivity contribution in [3.8, 4) is 46.6 Å². The number of hydrogen-bond acceptors (Lipinski definition) is 8. The highest BCUT2D eigenvalue weighted by Gasteiger charge is 2.24. The Balaban J connectivity index is 1.62. The lowest BCUT2D eigenvalue weighted by Gasteiger charge is -2.20. The number of hydrogen-bond donors (Lipinski definition) is 0. The Morgan fingerprint density at radius 1 is 0.338 bits per heavy atom. The zero-order valence-electron chi connectivity index (χ0n) is 49.8. The van der Waals surface area contributed by atoms with E-state index in [-0.39, 0.29) is 0 Å².